The van der Waals surface area contributed by atoms with Crippen LogP contribution < -0.4 is 5.73 Å². The lowest BCUT2D eigenvalue weighted by atomic mass is 10.3. The SMILES string of the molecule is CCCN.CCn1ncc2c(Cl)nc(Cl)cc21.O=Cc1c(Cl)cc(Cl)nc1Cl. The Morgan fingerprint density at radius 2 is 1.61 bits per heavy atom. The van der Waals surface area contributed by atoms with Crippen LogP contribution in [0.5, 0.6) is 0 Å². The molecule has 0 saturated carbocycles. The van der Waals surface area contributed by atoms with Gasteiger partial charge in [-0.3, -0.25) is 9.48 Å². The molecule has 0 aliphatic carbocycles. The van der Waals surface area contributed by atoms with Crippen LogP contribution in [0.4, 0.5) is 0 Å². The predicted molar refractivity (Wildman–Crippen MR) is 117 cm³/mol. The zero-order chi connectivity index (χ0) is 21.3. The number of hydrogen-bond donors (Lipinski definition) is 1. The van der Waals surface area contributed by atoms with Gasteiger partial charge >= 0.3 is 0 Å². The number of halogens is 5. The Morgan fingerprint density at radius 3 is 2.11 bits per heavy atom. The Hall–Kier alpha value is -1.15. The molecule has 0 saturated heterocycles. The van der Waals surface area contributed by atoms with Gasteiger partial charge in [-0.25, -0.2) is 9.97 Å². The molecule has 0 fully saturated rings. The number of fused-ring (bicyclic) bond motifs is 1. The standard InChI is InChI=1S/C8H7Cl2N3.C6H2Cl3NO.C3H9N/c1-2-13-6-3-7(9)12-8(10)5(6)4-11-13;7-4-1-5(8)10-6(9)3(4)2-11;1-2-3-4/h3-4H,2H2,1H3;1-2H;2-4H2,1H3. The lowest BCUT2D eigenvalue weighted by molar-refractivity contribution is 0.112. The number of nitrogens with two attached hydrogens (primary N) is 1. The lowest BCUT2D eigenvalue weighted by Gasteiger charge is -1.99. The highest BCUT2D eigenvalue weighted by molar-refractivity contribution is 6.39. The number of aromatic nitrogens is 4. The first-order valence-electron chi connectivity index (χ1n) is 8.13. The second kappa shape index (κ2) is 12.4. The average Bonchev–Trinajstić information content (AvgIpc) is 3.05. The third-order valence-corrected chi connectivity index (χ3v) is 4.48. The average molecular weight is 486 g/mol. The summed E-state index contributed by atoms with van der Waals surface area (Å²) in [4.78, 5) is 17.9. The summed E-state index contributed by atoms with van der Waals surface area (Å²) >= 11 is 28.3. The van der Waals surface area contributed by atoms with Crippen LogP contribution in [0.3, 0.4) is 0 Å². The normalized spacial score (nSPS) is 10.0. The van der Waals surface area contributed by atoms with Gasteiger partial charge in [0.1, 0.15) is 20.6 Å². The number of rotatable bonds is 3. The molecule has 0 unspecified atom stereocenters. The van der Waals surface area contributed by atoms with E-state index in [0.29, 0.717) is 16.6 Å². The molecule has 0 aromatic carbocycles. The minimum Gasteiger partial charge on any atom is -0.330 e. The first-order chi connectivity index (χ1) is 13.3. The molecule has 3 rings (SSSR count). The van der Waals surface area contributed by atoms with Crippen LogP contribution in [-0.2, 0) is 6.54 Å². The second-order valence-electron chi connectivity index (χ2n) is 5.17. The van der Waals surface area contributed by atoms with E-state index in [0.717, 1.165) is 30.4 Å². The van der Waals surface area contributed by atoms with Crippen molar-refractivity contribution in [3.8, 4) is 0 Å². The van der Waals surface area contributed by atoms with Gasteiger partial charge in [-0.2, -0.15) is 5.10 Å². The number of aldehydes is 1. The fourth-order valence-electron chi connectivity index (χ4n) is 1.83. The molecule has 6 nitrogen and oxygen atoms in total. The molecule has 3 aromatic rings. The van der Waals surface area contributed by atoms with Crippen LogP contribution in [0.25, 0.3) is 10.9 Å². The molecule has 0 spiro atoms. The molecule has 0 atom stereocenters. The first kappa shape index (κ1) is 24.9. The Labute approximate surface area is 187 Å². The maximum absolute atomic E-state index is 10.3. The molecule has 0 bridgehead atoms. The van der Waals surface area contributed by atoms with Crippen molar-refractivity contribution in [2.75, 3.05) is 6.54 Å². The molecule has 2 N–H and O–H groups in total. The molecule has 3 aromatic heterocycles. The minimum atomic E-state index is 0.0255. The molecule has 0 aliphatic heterocycles. The van der Waals surface area contributed by atoms with Crippen molar-refractivity contribution in [3.63, 3.8) is 0 Å². The third-order valence-electron chi connectivity index (χ3n) is 3.20. The Balaban J connectivity index is 0.000000239. The summed E-state index contributed by atoms with van der Waals surface area (Å²) in [5.41, 5.74) is 6.12. The number of hydrogen-bond acceptors (Lipinski definition) is 5. The van der Waals surface area contributed by atoms with Crippen LogP contribution in [0, 0.1) is 0 Å². The first-order valence-corrected chi connectivity index (χ1v) is 10.0. The van der Waals surface area contributed by atoms with E-state index in [1.165, 1.54) is 6.07 Å². The Bertz CT molecular complexity index is 907. The van der Waals surface area contributed by atoms with Gasteiger partial charge in [0.15, 0.2) is 6.29 Å². The van der Waals surface area contributed by atoms with E-state index in [9.17, 15) is 4.79 Å². The summed E-state index contributed by atoms with van der Waals surface area (Å²) < 4.78 is 1.83. The van der Waals surface area contributed by atoms with Gasteiger partial charge in [0.2, 0.25) is 0 Å². The maximum Gasteiger partial charge on any atom is 0.154 e. The van der Waals surface area contributed by atoms with Crippen LogP contribution >= 0.6 is 58.0 Å². The molecule has 152 valence electrons. The van der Waals surface area contributed by atoms with Crippen LogP contribution in [0.1, 0.15) is 30.6 Å². The number of aryl methyl sites for hydroxylation is 1. The summed E-state index contributed by atoms with van der Waals surface area (Å²) in [6.45, 7) is 5.68. The molecule has 28 heavy (non-hydrogen) atoms. The zero-order valence-electron chi connectivity index (χ0n) is 15.1. The van der Waals surface area contributed by atoms with Gasteiger partial charge in [0.25, 0.3) is 0 Å². The van der Waals surface area contributed by atoms with Crippen LogP contribution in [0.15, 0.2) is 18.3 Å². The van der Waals surface area contributed by atoms with Crippen LogP contribution in [-0.4, -0.2) is 32.6 Å². The second-order valence-corrected chi connectivity index (χ2v) is 7.06. The topological polar surface area (TPSA) is 86.7 Å². The maximum atomic E-state index is 10.3. The summed E-state index contributed by atoms with van der Waals surface area (Å²) in [6.07, 6.45) is 3.33. The van der Waals surface area contributed by atoms with E-state index >= 15 is 0 Å². The monoisotopic (exact) mass is 483 g/mol. The van der Waals surface area contributed by atoms with Crippen molar-refractivity contribution in [1.29, 1.82) is 0 Å². The summed E-state index contributed by atoms with van der Waals surface area (Å²) in [5, 5.41) is 6.20. The smallest absolute Gasteiger partial charge is 0.154 e. The van der Waals surface area contributed by atoms with Crippen molar-refractivity contribution in [3.05, 3.63) is 49.5 Å². The molecule has 0 radical (unpaired) electrons. The van der Waals surface area contributed by atoms with E-state index < -0.39 is 0 Å². The summed E-state index contributed by atoms with van der Waals surface area (Å²) in [6, 6.07) is 3.12. The van der Waals surface area contributed by atoms with Gasteiger partial charge in [0, 0.05) is 12.6 Å². The van der Waals surface area contributed by atoms with Crippen molar-refractivity contribution in [2.24, 2.45) is 5.73 Å². The lowest BCUT2D eigenvalue weighted by Crippen LogP contribution is -1.95. The number of nitrogens with zero attached hydrogens (tertiary/aromatic N) is 4. The van der Waals surface area contributed by atoms with Crippen molar-refractivity contribution in [1.82, 2.24) is 19.7 Å². The van der Waals surface area contributed by atoms with Crippen molar-refractivity contribution in [2.45, 2.75) is 26.8 Å². The highest BCUT2D eigenvalue weighted by atomic mass is 35.5. The number of carbonyl (C=O) groups excluding carboxylic acids is 1. The van der Waals surface area contributed by atoms with E-state index in [1.54, 1.807) is 12.3 Å². The largest absolute Gasteiger partial charge is 0.330 e. The molecular formula is C17H18Cl5N5O. The van der Waals surface area contributed by atoms with E-state index in [2.05, 4.69) is 22.0 Å². The van der Waals surface area contributed by atoms with Crippen molar-refractivity contribution < 1.29 is 4.79 Å². The molecule has 3 heterocycles. The Kier molecular flexibility index (Phi) is 11.0. The zero-order valence-corrected chi connectivity index (χ0v) is 18.9. The highest BCUT2D eigenvalue weighted by Gasteiger charge is 2.08. The van der Waals surface area contributed by atoms with Gasteiger partial charge in [-0.1, -0.05) is 64.9 Å². The molecular weight excluding hydrogens is 467 g/mol. The predicted octanol–water partition coefficient (Wildman–Crippen LogP) is 5.97. The quantitative estimate of drug-likeness (QED) is 0.365. The third kappa shape index (κ3) is 7.03. The van der Waals surface area contributed by atoms with Gasteiger partial charge < -0.3 is 5.73 Å². The van der Waals surface area contributed by atoms with Crippen LogP contribution in [0.2, 0.25) is 25.6 Å². The van der Waals surface area contributed by atoms with E-state index in [-0.39, 0.29) is 20.9 Å². The number of pyridine rings is 2. The Morgan fingerprint density at radius 1 is 1.04 bits per heavy atom. The van der Waals surface area contributed by atoms with E-state index in [1.807, 2.05) is 11.6 Å². The van der Waals surface area contributed by atoms with Gasteiger partial charge in [-0.15, -0.1) is 0 Å². The van der Waals surface area contributed by atoms with Crippen molar-refractivity contribution >= 4 is 75.2 Å². The highest BCUT2D eigenvalue weighted by Crippen LogP contribution is 2.24. The summed E-state index contributed by atoms with van der Waals surface area (Å²) in [7, 11) is 0. The minimum absolute atomic E-state index is 0.0255. The van der Waals surface area contributed by atoms with Gasteiger partial charge in [-0.05, 0) is 26.0 Å². The fraction of sp³-hybridized carbons (Fsp3) is 0.294. The molecule has 0 aliphatic rings. The summed E-state index contributed by atoms with van der Waals surface area (Å²) in [5.74, 6) is 0. The van der Waals surface area contributed by atoms with E-state index in [4.69, 9.17) is 63.7 Å². The fourth-order valence-corrected chi connectivity index (χ4v) is 3.11. The van der Waals surface area contributed by atoms with Gasteiger partial charge in [0.05, 0.1) is 27.7 Å². The molecule has 0 amide bonds. The molecule has 11 heteroatoms. The number of carbonyl (C=O) groups is 1.